The van der Waals surface area contributed by atoms with E-state index in [1.807, 2.05) is 10.7 Å². The predicted molar refractivity (Wildman–Crippen MR) is 98.1 cm³/mol. The van der Waals surface area contributed by atoms with E-state index in [1.165, 1.54) is 12.8 Å². The molecule has 1 aliphatic rings. The number of rotatable bonds is 8. The number of hydrogen-bond donors (Lipinski definition) is 1. The van der Waals surface area contributed by atoms with E-state index in [4.69, 9.17) is 14.2 Å². The van der Waals surface area contributed by atoms with Gasteiger partial charge in [-0.1, -0.05) is 0 Å². The molecule has 0 saturated heterocycles. The average molecular weight is 359 g/mol. The van der Waals surface area contributed by atoms with E-state index in [-0.39, 0.29) is 12.3 Å². The molecule has 1 saturated carbocycles. The van der Waals surface area contributed by atoms with Gasteiger partial charge < -0.3 is 19.5 Å². The standard InChI is InChI=1S/C19H25N3O4/c1-12(14-5-6-14)22-17(7-8-20-22)21-18(23)11-13-9-15(24-2)19(26-4)16(10-13)25-3/h7-10,12,14H,5-6,11H2,1-4H3,(H,21,23). The topological polar surface area (TPSA) is 74.6 Å². The van der Waals surface area contributed by atoms with E-state index >= 15 is 0 Å². The summed E-state index contributed by atoms with van der Waals surface area (Å²) in [5.41, 5.74) is 0.776. The van der Waals surface area contributed by atoms with E-state index in [9.17, 15) is 4.79 Å². The molecule has 0 aliphatic heterocycles. The van der Waals surface area contributed by atoms with Crippen molar-refractivity contribution < 1.29 is 19.0 Å². The van der Waals surface area contributed by atoms with Gasteiger partial charge in [-0.15, -0.1) is 0 Å². The van der Waals surface area contributed by atoms with Crippen LogP contribution in [0.2, 0.25) is 0 Å². The molecule has 0 bridgehead atoms. The normalized spacial score (nSPS) is 14.6. The molecule has 1 aliphatic carbocycles. The lowest BCUT2D eigenvalue weighted by Gasteiger charge is -2.16. The SMILES string of the molecule is COc1cc(CC(=O)Nc2ccnn2C(C)C2CC2)cc(OC)c1OC. The largest absolute Gasteiger partial charge is 0.493 e. The highest BCUT2D eigenvalue weighted by Crippen LogP contribution is 2.40. The molecule has 26 heavy (non-hydrogen) atoms. The molecule has 1 amide bonds. The lowest BCUT2D eigenvalue weighted by Crippen LogP contribution is -2.19. The number of hydrogen-bond acceptors (Lipinski definition) is 5. The zero-order chi connectivity index (χ0) is 18.7. The maximum Gasteiger partial charge on any atom is 0.229 e. The first-order chi connectivity index (χ1) is 12.6. The van der Waals surface area contributed by atoms with Crippen LogP contribution in [0.15, 0.2) is 24.4 Å². The van der Waals surface area contributed by atoms with Gasteiger partial charge in [-0.2, -0.15) is 5.10 Å². The van der Waals surface area contributed by atoms with Crippen molar-refractivity contribution in [2.45, 2.75) is 32.2 Å². The monoisotopic (exact) mass is 359 g/mol. The molecule has 1 heterocycles. The summed E-state index contributed by atoms with van der Waals surface area (Å²) in [7, 11) is 4.66. The Morgan fingerprint density at radius 2 is 1.88 bits per heavy atom. The van der Waals surface area contributed by atoms with E-state index in [0.717, 1.165) is 11.4 Å². The van der Waals surface area contributed by atoms with Crippen molar-refractivity contribution >= 4 is 11.7 Å². The molecule has 1 N–H and O–H groups in total. The van der Waals surface area contributed by atoms with Crippen LogP contribution in [-0.4, -0.2) is 37.0 Å². The molecule has 1 unspecified atom stereocenters. The van der Waals surface area contributed by atoms with Gasteiger partial charge in [-0.05, 0) is 43.4 Å². The smallest absolute Gasteiger partial charge is 0.229 e. The Morgan fingerprint density at radius 3 is 2.42 bits per heavy atom. The molecule has 3 rings (SSSR count). The molecule has 7 nitrogen and oxygen atoms in total. The minimum atomic E-state index is -0.121. The van der Waals surface area contributed by atoms with Gasteiger partial charge in [0.2, 0.25) is 11.7 Å². The molecule has 1 fully saturated rings. The summed E-state index contributed by atoms with van der Waals surface area (Å²) < 4.78 is 17.9. The van der Waals surface area contributed by atoms with Crippen LogP contribution in [0, 0.1) is 5.92 Å². The molecule has 0 radical (unpaired) electrons. The van der Waals surface area contributed by atoms with Crippen LogP contribution in [0.5, 0.6) is 17.2 Å². The molecule has 0 spiro atoms. The Kier molecular flexibility index (Phi) is 5.35. The fourth-order valence-corrected chi connectivity index (χ4v) is 3.13. The van der Waals surface area contributed by atoms with Crippen LogP contribution in [0.25, 0.3) is 0 Å². The molecule has 1 atom stereocenters. The van der Waals surface area contributed by atoms with Crippen molar-refractivity contribution in [2.75, 3.05) is 26.6 Å². The summed E-state index contributed by atoms with van der Waals surface area (Å²) in [6.07, 6.45) is 4.35. The molecular formula is C19H25N3O4. The van der Waals surface area contributed by atoms with Crippen molar-refractivity contribution in [1.82, 2.24) is 9.78 Å². The van der Waals surface area contributed by atoms with Crippen molar-refractivity contribution in [1.29, 1.82) is 0 Å². The molecule has 2 aromatic rings. The number of carbonyl (C=O) groups excluding carboxylic acids is 1. The zero-order valence-corrected chi connectivity index (χ0v) is 15.6. The van der Waals surface area contributed by atoms with Crippen LogP contribution in [-0.2, 0) is 11.2 Å². The first-order valence-corrected chi connectivity index (χ1v) is 8.69. The van der Waals surface area contributed by atoms with E-state index < -0.39 is 0 Å². The van der Waals surface area contributed by atoms with Gasteiger partial charge in [0.1, 0.15) is 5.82 Å². The Labute approximate surface area is 153 Å². The van der Waals surface area contributed by atoms with Gasteiger partial charge in [0, 0.05) is 6.07 Å². The van der Waals surface area contributed by atoms with Crippen LogP contribution in [0.4, 0.5) is 5.82 Å². The zero-order valence-electron chi connectivity index (χ0n) is 15.6. The number of carbonyl (C=O) groups is 1. The highest BCUT2D eigenvalue weighted by Gasteiger charge is 2.30. The van der Waals surface area contributed by atoms with Gasteiger partial charge in [-0.25, -0.2) is 4.68 Å². The lowest BCUT2D eigenvalue weighted by molar-refractivity contribution is -0.115. The summed E-state index contributed by atoms with van der Waals surface area (Å²) in [5, 5.41) is 7.32. The second kappa shape index (κ2) is 7.68. The third-order valence-corrected chi connectivity index (χ3v) is 4.72. The molecule has 1 aromatic carbocycles. The molecule has 140 valence electrons. The molecule has 1 aromatic heterocycles. The highest BCUT2D eigenvalue weighted by molar-refractivity contribution is 5.91. The highest BCUT2D eigenvalue weighted by atomic mass is 16.5. The van der Waals surface area contributed by atoms with E-state index in [1.54, 1.807) is 39.7 Å². The van der Waals surface area contributed by atoms with Crippen molar-refractivity contribution in [2.24, 2.45) is 5.92 Å². The average Bonchev–Trinajstić information content (AvgIpc) is 3.39. The van der Waals surface area contributed by atoms with E-state index in [2.05, 4.69) is 17.3 Å². The van der Waals surface area contributed by atoms with Crippen LogP contribution < -0.4 is 19.5 Å². The Balaban J connectivity index is 1.73. The number of benzene rings is 1. The van der Waals surface area contributed by atoms with Crippen molar-refractivity contribution in [3.05, 3.63) is 30.0 Å². The van der Waals surface area contributed by atoms with Crippen LogP contribution in [0.3, 0.4) is 0 Å². The number of ether oxygens (including phenoxy) is 3. The number of nitrogens with zero attached hydrogens (tertiary/aromatic N) is 2. The van der Waals surface area contributed by atoms with Crippen LogP contribution in [0.1, 0.15) is 31.4 Å². The second-order valence-electron chi connectivity index (χ2n) is 6.50. The van der Waals surface area contributed by atoms with Crippen molar-refractivity contribution in [3.63, 3.8) is 0 Å². The third kappa shape index (κ3) is 3.76. The number of methoxy groups -OCH3 is 3. The van der Waals surface area contributed by atoms with Crippen LogP contribution >= 0.6 is 0 Å². The number of aromatic nitrogens is 2. The first-order valence-electron chi connectivity index (χ1n) is 8.69. The fourth-order valence-electron chi connectivity index (χ4n) is 3.13. The second-order valence-corrected chi connectivity index (χ2v) is 6.50. The molecular weight excluding hydrogens is 334 g/mol. The quantitative estimate of drug-likeness (QED) is 0.784. The summed E-state index contributed by atoms with van der Waals surface area (Å²) in [4.78, 5) is 12.5. The Bertz CT molecular complexity index is 758. The Morgan fingerprint density at radius 1 is 1.23 bits per heavy atom. The predicted octanol–water partition coefficient (Wildman–Crippen LogP) is 3.06. The summed E-state index contributed by atoms with van der Waals surface area (Å²) in [5.74, 6) is 2.83. The maximum absolute atomic E-state index is 12.5. The maximum atomic E-state index is 12.5. The third-order valence-electron chi connectivity index (χ3n) is 4.72. The van der Waals surface area contributed by atoms with E-state index in [0.29, 0.717) is 29.2 Å². The van der Waals surface area contributed by atoms with Crippen molar-refractivity contribution in [3.8, 4) is 17.2 Å². The molecule has 7 heteroatoms. The minimum Gasteiger partial charge on any atom is -0.493 e. The van der Waals surface area contributed by atoms with Gasteiger partial charge in [0.05, 0.1) is 40.0 Å². The Hall–Kier alpha value is -2.70. The number of amides is 1. The summed E-state index contributed by atoms with van der Waals surface area (Å²) >= 11 is 0. The summed E-state index contributed by atoms with van der Waals surface area (Å²) in [6.45, 7) is 2.14. The van der Waals surface area contributed by atoms with Gasteiger partial charge >= 0.3 is 0 Å². The van der Waals surface area contributed by atoms with Gasteiger partial charge in [0.25, 0.3) is 0 Å². The minimum absolute atomic E-state index is 0.121. The number of nitrogens with one attached hydrogen (secondary N) is 1. The number of anilines is 1. The van der Waals surface area contributed by atoms with Gasteiger partial charge in [-0.3, -0.25) is 4.79 Å². The lowest BCUT2D eigenvalue weighted by atomic mass is 10.1. The fraction of sp³-hybridized carbons (Fsp3) is 0.474. The summed E-state index contributed by atoms with van der Waals surface area (Å²) in [6, 6.07) is 5.68. The van der Waals surface area contributed by atoms with Gasteiger partial charge in [0.15, 0.2) is 11.5 Å². The first kappa shape index (κ1) is 18.1.